The summed E-state index contributed by atoms with van der Waals surface area (Å²) in [7, 11) is 0. The van der Waals surface area contributed by atoms with Crippen LogP contribution < -0.4 is 5.32 Å². The van der Waals surface area contributed by atoms with Crippen LogP contribution in [0.2, 0.25) is 0 Å². The summed E-state index contributed by atoms with van der Waals surface area (Å²) in [6, 6.07) is 4.14. The molecule has 1 aliphatic heterocycles. The smallest absolute Gasteiger partial charge is 0.121 e. The van der Waals surface area contributed by atoms with E-state index in [1.807, 2.05) is 13.8 Å². The van der Waals surface area contributed by atoms with Crippen molar-refractivity contribution in [2.24, 2.45) is 0 Å². The second kappa shape index (κ2) is 7.65. The summed E-state index contributed by atoms with van der Waals surface area (Å²) in [5.74, 6) is 0.429. The molecule has 0 saturated carbocycles. The first-order chi connectivity index (χ1) is 9.66. The van der Waals surface area contributed by atoms with Gasteiger partial charge in [-0.05, 0) is 76.0 Å². The monoisotopic (exact) mass is 276 g/mol. The maximum absolute atomic E-state index is 9.76. The summed E-state index contributed by atoms with van der Waals surface area (Å²) in [6.45, 7) is 9.68. The van der Waals surface area contributed by atoms with E-state index in [1.54, 1.807) is 0 Å². The third-order valence-corrected chi connectivity index (χ3v) is 4.16. The summed E-state index contributed by atoms with van der Waals surface area (Å²) in [5, 5.41) is 13.3. The lowest BCUT2D eigenvalue weighted by atomic mass is 10.1. The Morgan fingerprint density at radius 3 is 2.40 bits per heavy atom. The molecular formula is C17H28N2O. The predicted molar refractivity (Wildman–Crippen MR) is 84.2 cm³/mol. The largest absolute Gasteiger partial charge is 0.507 e. The van der Waals surface area contributed by atoms with Gasteiger partial charge in [-0.2, -0.15) is 0 Å². The van der Waals surface area contributed by atoms with Crippen molar-refractivity contribution in [1.82, 2.24) is 10.2 Å². The molecule has 3 heteroatoms. The van der Waals surface area contributed by atoms with E-state index in [0.29, 0.717) is 5.75 Å². The Hall–Kier alpha value is -1.06. The average Bonchev–Trinajstić information content (AvgIpc) is 2.45. The predicted octanol–water partition coefficient (Wildman–Crippen LogP) is 2.97. The van der Waals surface area contributed by atoms with Gasteiger partial charge in [-0.15, -0.1) is 0 Å². The van der Waals surface area contributed by atoms with Gasteiger partial charge in [-0.1, -0.05) is 18.6 Å². The van der Waals surface area contributed by atoms with E-state index in [9.17, 15) is 5.11 Å². The molecule has 20 heavy (non-hydrogen) atoms. The molecule has 1 fully saturated rings. The molecule has 1 saturated heterocycles. The maximum atomic E-state index is 9.76. The van der Waals surface area contributed by atoms with Crippen LogP contribution in [0.5, 0.6) is 5.75 Å². The molecule has 0 aromatic heterocycles. The van der Waals surface area contributed by atoms with E-state index in [2.05, 4.69) is 22.3 Å². The van der Waals surface area contributed by atoms with Crippen molar-refractivity contribution >= 4 is 0 Å². The fraction of sp³-hybridized carbons (Fsp3) is 0.647. The van der Waals surface area contributed by atoms with Gasteiger partial charge in [0.25, 0.3) is 0 Å². The number of phenols is 1. The molecule has 2 N–H and O–H groups in total. The van der Waals surface area contributed by atoms with Crippen molar-refractivity contribution in [1.29, 1.82) is 0 Å². The third-order valence-electron chi connectivity index (χ3n) is 4.16. The highest BCUT2D eigenvalue weighted by Crippen LogP contribution is 2.22. The normalized spacial score (nSPS) is 16.5. The highest BCUT2D eigenvalue weighted by molar-refractivity contribution is 5.42. The third kappa shape index (κ3) is 4.50. The zero-order valence-electron chi connectivity index (χ0n) is 12.9. The number of piperidine rings is 1. The molecule has 0 bridgehead atoms. The SMILES string of the molecule is Cc1cc(CNCCCN2CCCCC2)cc(C)c1O. The van der Waals surface area contributed by atoms with Gasteiger partial charge in [0.1, 0.15) is 5.75 Å². The fourth-order valence-electron chi connectivity index (χ4n) is 2.99. The van der Waals surface area contributed by atoms with Crippen molar-refractivity contribution < 1.29 is 5.11 Å². The standard InChI is InChI=1S/C17H28N2O/c1-14-11-16(12-15(2)17(14)20)13-18-7-6-10-19-8-4-3-5-9-19/h11-12,18,20H,3-10,13H2,1-2H3. The van der Waals surface area contributed by atoms with Crippen molar-refractivity contribution in [3.63, 3.8) is 0 Å². The average molecular weight is 276 g/mol. The lowest BCUT2D eigenvalue weighted by Gasteiger charge is -2.26. The number of aryl methyl sites for hydroxylation is 2. The van der Waals surface area contributed by atoms with E-state index in [1.165, 1.54) is 50.9 Å². The molecule has 1 aromatic carbocycles. The molecular weight excluding hydrogens is 248 g/mol. The number of aromatic hydroxyl groups is 1. The van der Waals surface area contributed by atoms with E-state index in [4.69, 9.17) is 0 Å². The van der Waals surface area contributed by atoms with Crippen molar-refractivity contribution in [3.05, 3.63) is 28.8 Å². The molecule has 2 rings (SSSR count). The van der Waals surface area contributed by atoms with E-state index in [-0.39, 0.29) is 0 Å². The van der Waals surface area contributed by atoms with E-state index in [0.717, 1.165) is 24.2 Å². The number of phenolic OH excluding ortho intramolecular Hbond substituents is 1. The summed E-state index contributed by atoms with van der Waals surface area (Å²) < 4.78 is 0. The van der Waals surface area contributed by atoms with Gasteiger partial charge in [0.05, 0.1) is 0 Å². The number of rotatable bonds is 6. The van der Waals surface area contributed by atoms with Gasteiger partial charge in [-0.3, -0.25) is 0 Å². The van der Waals surface area contributed by atoms with Gasteiger partial charge in [0.15, 0.2) is 0 Å². The first-order valence-corrected chi connectivity index (χ1v) is 7.89. The van der Waals surface area contributed by atoms with Crippen molar-refractivity contribution in [3.8, 4) is 5.75 Å². The summed E-state index contributed by atoms with van der Waals surface area (Å²) in [5.41, 5.74) is 3.20. The first-order valence-electron chi connectivity index (χ1n) is 7.89. The van der Waals surface area contributed by atoms with Crippen LogP contribution in [0.3, 0.4) is 0 Å². The first kappa shape index (κ1) is 15.3. The molecule has 3 nitrogen and oxygen atoms in total. The zero-order chi connectivity index (χ0) is 14.4. The lowest BCUT2D eigenvalue weighted by molar-refractivity contribution is 0.225. The fourth-order valence-corrected chi connectivity index (χ4v) is 2.99. The summed E-state index contributed by atoms with van der Waals surface area (Å²) in [4.78, 5) is 2.58. The minimum atomic E-state index is 0.429. The molecule has 112 valence electrons. The van der Waals surface area contributed by atoms with Crippen LogP contribution in [0, 0.1) is 13.8 Å². The van der Waals surface area contributed by atoms with E-state index >= 15 is 0 Å². The summed E-state index contributed by atoms with van der Waals surface area (Å²) >= 11 is 0. The second-order valence-corrected chi connectivity index (χ2v) is 6.01. The molecule has 0 spiro atoms. The Labute approximate surface area is 123 Å². The van der Waals surface area contributed by atoms with Gasteiger partial charge in [0.2, 0.25) is 0 Å². The molecule has 1 heterocycles. The molecule has 0 atom stereocenters. The van der Waals surface area contributed by atoms with Gasteiger partial charge >= 0.3 is 0 Å². The molecule has 0 unspecified atom stereocenters. The number of hydrogen-bond donors (Lipinski definition) is 2. The summed E-state index contributed by atoms with van der Waals surface area (Å²) in [6.07, 6.45) is 5.38. The Kier molecular flexibility index (Phi) is 5.86. The van der Waals surface area contributed by atoms with Crippen LogP contribution in [-0.4, -0.2) is 36.2 Å². The molecule has 1 aliphatic rings. The van der Waals surface area contributed by atoms with Crippen LogP contribution in [-0.2, 0) is 6.54 Å². The van der Waals surface area contributed by atoms with Crippen LogP contribution in [0.4, 0.5) is 0 Å². The minimum absolute atomic E-state index is 0.429. The van der Waals surface area contributed by atoms with Crippen molar-refractivity contribution in [2.45, 2.75) is 46.1 Å². The molecule has 0 aliphatic carbocycles. The lowest BCUT2D eigenvalue weighted by Crippen LogP contribution is -2.32. The van der Waals surface area contributed by atoms with Crippen LogP contribution in [0.1, 0.15) is 42.4 Å². The Morgan fingerprint density at radius 2 is 1.75 bits per heavy atom. The molecule has 1 aromatic rings. The zero-order valence-corrected chi connectivity index (χ0v) is 12.9. The molecule has 0 amide bonds. The van der Waals surface area contributed by atoms with Crippen LogP contribution in [0.25, 0.3) is 0 Å². The van der Waals surface area contributed by atoms with Crippen LogP contribution >= 0.6 is 0 Å². The number of nitrogens with zero attached hydrogens (tertiary/aromatic N) is 1. The van der Waals surface area contributed by atoms with Gasteiger partial charge < -0.3 is 15.3 Å². The Balaban J connectivity index is 1.65. The number of likely N-dealkylation sites (tertiary alicyclic amines) is 1. The quantitative estimate of drug-likeness (QED) is 0.784. The van der Waals surface area contributed by atoms with E-state index < -0.39 is 0 Å². The van der Waals surface area contributed by atoms with Gasteiger partial charge in [0, 0.05) is 6.54 Å². The second-order valence-electron chi connectivity index (χ2n) is 6.01. The van der Waals surface area contributed by atoms with Crippen molar-refractivity contribution in [2.75, 3.05) is 26.2 Å². The minimum Gasteiger partial charge on any atom is -0.507 e. The number of benzene rings is 1. The Morgan fingerprint density at radius 1 is 1.10 bits per heavy atom. The highest BCUT2D eigenvalue weighted by Gasteiger charge is 2.08. The Bertz CT molecular complexity index is 402. The maximum Gasteiger partial charge on any atom is 0.121 e. The highest BCUT2D eigenvalue weighted by atomic mass is 16.3. The van der Waals surface area contributed by atoms with Crippen LogP contribution in [0.15, 0.2) is 12.1 Å². The number of nitrogens with one attached hydrogen (secondary N) is 1. The molecule has 0 radical (unpaired) electrons. The topological polar surface area (TPSA) is 35.5 Å². The number of hydrogen-bond acceptors (Lipinski definition) is 3. The van der Waals surface area contributed by atoms with Gasteiger partial charge in [-0.25, -0.2) is 0 Å².